The van der Waals surface area contributed by atoms with Crippen LogP contribution in [0.3, 0.4) is 0 Å². The lowest BCUT2D eigenvalue weighted by Crippen LogP contribution is -2.21. The lowest BCUT2D eigenvalue weighted by molar-refractivity contribution is 0.0213. The fraction of sp³-hybridized carbons (Fsp3) is 0.300. The first-order chi connectivity index (χ1) is 11.7. The highest BCUT2D eigenvalue weighted by Gasteiger charge is 2.21. The molecule has 1 aromatic heterocycles. The van der Waals surface area contributed by atoms with Gasteiger partial charge in [0.05, 0.1) is 10.9 Å². The molecule has 24 heavy (non-hydrogen) atoms. The number of ether oxygens (including phenoxy) is 1. The Hall–Kier alpha value is -2.20. The van der Waals surface area contributed by atoms with Crippen molar-refractivity contribution in [2.45, 2.75) is 38.2 Å². The van der Waals surface area contributed by atoms with Crippen molar-refractivity contribution >= 4 is 37.5 Å². The van der Waals surface area contributed by atoms with Gasteiger partial charge in [0.15, 0.2) is 5.43 Å². The summed E-state index contributed by atoms with van der Waals surface area (Å²) in [6, 6.07) is 13.0. The Bertz CT molecular complexity index is 967. The van der Waals surface area contributed by atoms with Crippen LogP contribution < -0.4 is 5.43 Å². The highest BCUT2D eigenvalue weighted by atomic mass is 32.1. The molecule has 4 heteroatoms. The van der Waals surface area contributed by atoms with Crippen molar-refractivity contribution in [3.05, 3.63) is 58.3 Å². The van der Waals surface area contributed by atoms with E-state index in [1.807, 2.05) is 36.4 Å². The van der Waals surface area contributed by atoms with Crippen molar-refractivity contribution in [1.29, 1.82) is 0 Å². The van der Waals surface area contributed by atoms with E-state index in [1.54, 1.807) is 6.07 Å². The molecule has 0 bridgehead atoms. The molecule has 1 heterocycles. The minimum atomic E-state index is -0.368. The molecule has 1 aliphatic rings. The SMILES string of the molecule is O=C(OC1CCCCC1)c1cccc2sc3ccccc3c(=O)c12. The number of hydrogen-bond donors (Lipinski definition) is 0. The minimum absolute atomic E-state index is 0.0132. The van der Waals surface area contributed by atoms with Crippen molar-refractivity contribution in [3.8, 4) is 0 Å². The Labute approximate surface area is 143 Å². The van der Waals surface area contributed by atoms with E-state index in [0.29, 0.717) is 16.3 Å². The summed E-state index contributed by atoms with van der Waals surface area (Å²) in [5.41, 5.74) is 0.306. The van der Waals surface area contributed by atoms with Crippen molar-refractivity contribution in [1.82, 2.24) is 0 Å². The average Bonchev–Trinajstić information content (AvgIpc) is 2.62. The second-order valence-corrected chi connectivity index (χ2v) is 7.36. The van der Waals surface area contributed by atoms with Crippen LogP contribution in [0.4, 0.5) is 0 Å². The molecule has 1 aliphatic carbocycles. The van der Waals surface area contributed by atoms with Gasteiger partial charge >= 0.3 is 5.97 Å². The summed E-state index contributed by atoms with van der Waals surface area (Å²) in [5.74, 6) is -0.368. The van der Waals surface area contributed by atoms with E-state index in [2.05, 4.69) is 0 Å². The number of benzene rings is 2. The van der Waals surface area contributed by atoms with E-state index in [9.17, 15) is 9.59 Å². The van der Waals surface area contributed by atoms with Gasteiger partial charge in [0, 0.05) is 14.8 Å². The van der Waals surface area contributed by atoms with E-state index in [4.69, 9.17) is 4.74 Å². The molecule has 0 saturated heterocycles. The van der Waals surface area contributed by atoms with Gasteiger partial charge in [-0.05, 0) is 49.9 Å². The first kappa shape index (κ1) is 15.3. The smallest absolute Gasteiger partial charge is 0.339 e. The van der Waals surface area contributed by atoms with E-state index >= 15 is 0 Å². The molecule has 1 saturated carbocycles. The van der Waals surface area contributed by atoms with Crippen LogP contribution in [0.15, 0.2) is 47.3 Å². The predicted molar refractivity (Wildman–Crippen MR) is 97.9 cm³/mol. The van der Waals surface area contributed by atoms with Gasteiger partial charge in [-0.2, -0.15) is 0 Å². The molecule has 122 valence electrons. The maximum Gasteiger partial charge on any atom is 0.339 e. The summed E-state index contributed by atoms with van der Waals surface area (Å²) in [6.45, 7) is 0. The molecule has 4 rings (SSSR count). The molecule has 0 amide bonds. The standard InChI is InChI=1S/C20H18O3S/c21-19-14-9-4-5-11-16(14)24-17-12-6-10-15(18(17)19)20(22)23-13-7-2-1-3-8-13/h4-6,9-13H,1-3,7-8H2. The molecular formula is C20H18O3S. The Morgan fingerprint density at radius 2 is 1.71 bits per heavy atom. The van der Waals surface area contributed by atoms with E-state index in [-0.39, 0.29) is 17.5 Å². The maximum absolute atomic E-state index is 12.9. The molecule has 0 unspecified atom stereocenters. The highest BCUT2D eigenvalue weighted by Crippen LogP contribution is 2.28. The molecule has 1 fully saturated rings. The van der Waals surface area contributed by atoms with Crippen molar-refractivity contribution in [3.63, 3.8) is 0 Å². The summed E-state index contributed by atoms with van der Waals surface area (Å²) >= 11 is 1.54. The Morgan fingerprint density at radius 3 is 2.54 bits per heavy atom. The molecule has 0 spiro atoms. The lowest BCUT2D eigenvalue weighted by Gasteiger charge is -2.22. The van der Waals surface area contributed by atoms with Crippen LogP contribution in [0.1, 0.15) is 42.5 Å². The van der Waals surface area contributed by atoms with Crippen molar-refractivity contribution in [2.24, 2.45) is 0 Å². The van der Waals surface area contributed by atoms with Gasteiger partial charge in [-0.15, -0.1) is 11.3 Å². The molecule has 3 aromatic rings. The summed E-state index contributed by atoms with van der Waals surface area (Å²) in [7, 11) is 0. The minimum Gasteiger partial charge on any atom is -0.459 e. The zero-order valence-electron chi connectivity index (χ0n) is 13.3. The first-order valence-corrected chi connectivity index (χ1v) is 9.21. The number of fused-ring (bicyclic) bond motifs is 2. The van der Waals surface area contributed by atoms with E-state index < -0.39 is 0 Å². The monoisotopic (exact) mass is 338 g/mol. The van der Waals surface area contributed by atoms with Crippen LogP contribution >= 0.6 is 11.3 Å². The van der Waals surface area contributed by atoms with Gasteiger partial charge in [-0.1, -0.05) is 24.6 Å². The second-order valence-electron chi connectivity index (χ2n) is 6.27. The molecule has 0 atom stereocenters. The van der Waals surface area contributed by atoms with Crippen molar-refractivity contribution in [2.75, 3.05) is 0 Å². The molecule has 0 aliphatic heterocycles. The quantitative estimate of drug-likeness (QED) is 0.493. The van der Waals surface area contributed by atoms with Crippen molar-refractivity contribution < 1.29 is 9.53 Å². The zero-order valence-corrected chi connectivity index (χ0v) is 14.1. The van der Waals surface area contributed by atoms with Crippen LogP contribution in [0.25, 0.3) is 20.2 Å². The third-order valence-corrected chi connectivity index (χ3v) is 5.79. The highest BCUT2D eigenvalue weighted by molar-refractivity contribution is 7.24. The topological polar surface area (TPSA) is 43.4 Å². The molecular weight excluding hydrogens is 320 g/mol. The molecule has 0 radical (unpaired) electrons. The number of carbonyl (C=O) groups excluding carboxylic acids is 1. The van der Waals surface area contributed by atoms with Crippen LogP contribution in [0.5, 0.6) is 0 Å². The Balaban J connectivity index is 1.81. The van der Waals surface area contributed by atoms with Gasteiger partial charge in [0.1, 0.15) is 6.10 Å². The lowest BCUT2D eigenvalue weighted by atomic mass is 9.97. The molecule has 3 nitrogen and oxygen atoms in total. The van der Waals surface area contributed by atoms with Crippen LogP contribution in [0.2, 0.25) is 0 Å². The maximum atomic E-state index is 12.9. The zero-order chi connectivity index (χ0) is 16.5. The van der Waals surface area contributed by atoms with Gasteiger partial charge < -0.3 is 4.74 Å². The Morgan fingerprint density at radius 1 is 0.958 bits per heavy atom. The number of hydrogen-bond acceptors (Lipinski definition) is 4. The molecule has 0 N–H and O–H groups in total. The summed E-state index contributed by atoms with van der Waals surface area (Å²) in [6.07, 6.45) is 5.25. The van der Waals surface area contributed by atoms with Gasteiger partial charge in [0.25, 0.3) is 0 Å². The van der Waals surface area contributed by atoms with E-state index in [0.717, 1.165) is 35.1 Å². The number of rotatable bonds is 2. The van der Waals surface area contributed by atoms with Crippen LogP contribution in [-0.4, -0.2) is 12.1 Å². The fourth-order valence-electron chi connectivity index (χ4n) is 3.41. The summed E-state index contributed by atoms with van der Waals surface area (Å²) in [5, 5.41) is 1.15. The normalized spacial score (nSPS) is 15.7. The number of carbonyl (C=O) groups is 1. The number of esters is 1. The third-order valence-electron chi connectivity index (χ3n) is 4.65. The summed E-state index contributed by atoms with van der Waals surface area (Å²) < 4.78 is 7.45. The third kappa shape index (κ3) is 2.71. The van der Waals surface area contributed by atoms with Gasteiger partial charge in [-0.3, -0.25) is 4.79 Å². The fourth-order valence-corrected chi connectivity index (χ4v) is 4.52. The Kier molecular flexibility index (Phi) is 4.07. The van der Waals surface area contributed by atoms with Gasteiger partial charge in [0.2, 0.25) is 0 Å². The second kappa shape index (κ2) is 6.36. The first-order valence-electron chi connectivity index (χ1n) is 8.39. The van der Waals surface area contributed by atoms with Crippen LogP contribution in [0, 0.1) is 0 Å². The van der Waals surface area contributed by atoms with Gasteiger partial charge in [-0.25, -0.2) is 4.79 Å². The van der Waals surface area contributed by atoms with E-state index in [1.165, 1.54) is 17.8 Å². The summed E-state index contributed by atoms with van der Waals surface area (Å²) in [4.78, 5) is 25.6. The molecule has 2 aromatic carbocycles. The average molecular weight is 338 g/mol. The van der Waals surface area contributed by atoms with Crippen LogP contribution in [-0.2, 0) is 4.74 Å². The largest absolute Gasteiger partial charge is 0.459 e. The predicted octanol–water partition coefficient (Wildman–Crippen LogP) is 4.90.